The Kier molecular flexibility index (Phi) is 7.44. The molecule has 0 saturated heterocycles. The second-order valence-corrected chi connectivity index (χ2v) is 14.9. The summed E-state index contributed by atoms with van der Waals surface area (Å²) in [4.78, 5) is 25.0. The van der Waals surface area contributed by atoms with Crippen molar-refractivity contribution >= 4 is 0 Å². The molecular formula is C50H35N5. The summed E-state index contributed by atoms with van der Waals surface area (Å²) in [6.07, 6.45) is 3.80. The Balaban J connectivity index is 0.921. The molecule has 0 N–H and O–H groups in total. The van der Waals surface area contributed by atoms with E-state index in [4.69, 9.17) is 24.9 Å². The molecule has 8 aromatic rings. The van der Waals surface area contributed by atoms with E-state index in [1.165, 1.54) is 12.0 Å². The summed E-state index contributed by atoms with van der Waals surface area (Å²) < 4.78 is 0. The van der Waals surface area contributed by atoms with Crippen LogP contribution in [-0.2, 0) is 0 Å². The maximum absolute atomic E-state index is 5.05. The fourth-order valence-electron chi connectivity index (χ4n) is 8.82. The van der Waals surface area contributed by atoms with Crippen molar-refractivity contribution in [1.82, 2.24) is 24.9 Å². The molecule has 5 heteroatoms. The van der Waals surface area contributed by atoms with Crippen molar-refractivity contribution in [2.24, 2.45) is 17.8 Å². The van der Waals surface area contributed by atoms with Gasteiger partial charge in [-0.25, -0.2) is 24.9 Å². The van der Waals surface area contributed by atoms with Crippen LogP contribution >= 0.6 is 0 Å². The first-order valence-corrected chi connectivity index (χ1v) is 19.1. The van der Waals surface area contributed by atoms with Gasteiger partial charge in [0.1, 0.15) is 0 Å². The average molecular weight is 706 g/mol. The molecule has 55 heavy (non-hydrogen) atoms. The first-order valence-electron chi connectivity index (χ1n) is 19.1. The molecular weight excluding hydrogens is 671 g/mol. The van der Waals surface area contributed by atoms with Gasteiger partial charge in [-0.05, 0) is 58.9 Å². The number of allylic oxidation sites excluding steroid dienone is 2. The Morgan fingerprint density at radius 3 is 1.33 bits per heavy atom. The minimum absolute atomic E-state index is 0.652. The third-order valence-electron chi connectivity index (χ3n) is 11.7. The van der Waals surface area contributed by atoms with E-state index >= 15 is 0 Å². The highest BCUT2D eigenvalue weighted by atomic mass is 15.0. The summed E-state index contributed by atoms with van der Waals surface area (Å²) in [6, 6.07) is 58.7. The van der Waals surface area contributed by atoms with Crippen LogP contribution in [0.1, 0.15) is 17.9 Å². The molecule has 2 heterocycles. The normalized spacial score (nSPS) is 18.9. The highest BCUT2D eigenvalue weighted by Gasteiger charge is 2.62. The summed E-state index contributed by atoms with van der Waals surface area (Å²) >= 11 is 0. The predicted molar refractivity (Wildman–Crippen MR) is 219 cm³/mol. The van der Waals surface area contributed by atoms with Gasteiger partial charge in [0.25, 0.3) is 0 Å². The van der Waals surface area contributed by atoms with E-state index in [-0.39, 0.29) is 0 Å². The van der Waals surface area contributed by atoms with Crippen LogP contribution in [0.15, 0.2) is 182 Å². The number of benzene rings is 6. The van der Waals surface area contributed by atoms with Crippen molar-refractivity contribution in [2.45, 2.75) is 12.3 Å². The zero-order valence-electron chi connectivity index (χ0n) is 30.0. The van der Waals surface area contributed by atoms with Gasteiger partial charge in [0.2, 0.25) is 0 Å². The van der Waals surface area contributed by atoms with Crippen molar-refractivity contribution in [3.63, 3.8) is 0 Å². The molecule has 0 radical (unpaired) electrons. The molecule has 0 spiro atoms. The van der Waals surface area contributed by atoms with E-state index in [1.807, 2.05) is 54.6 Å². The average Bonchev–Trinajstić information content (AvgIpc) is 3.27. The van der Waals surface area contributed by atoms with Crippen molar-refractivity contribution in [2.75, 3.05) is 0 Å². The summed E-state index contributed by atoms with van der Waals surface area (Å²) in [7, 11) is 0. The SMILES string of the molecule is C1=C2CC3C2C1C3c1ccc(-c2nc(-c3ccccc3)nc(-c3ccc(-c4cccc(-c5cc(-c6ccccc6)nc(-c6ccccc6)n5)c4)cc3)n2)cc1. The Labute approximate surface area is 320 Å². The van der Waals surface area contributed by atoms with E-state index in [9.17, 15) is 0 Å². The van der Waals surface area contributed by atoms with Crippen molar-refractivity contribution in [3.8, 4) is 79.2 Å². The van der Waals surface area contributed by atoms with E-state index < -0.39 is 0 Å². The van der Waals surface area contributed by atoms with Gasteiger partial charge in [0.05, 0.1) is 11.4 Å². The van der Waals surface area contributed by atoms with Gasteiger partial charge in [-0.3, -0.25) is 0 Å². The first-order chi connectivity index (χ1) is 27.2. The quantitative estimate of drug-likeness (QED) is 0.147. The lowest BCUT2D eigenvalue weighted by molar-refractivity contribution is -0.00598. The molecule has 0 aliphatic heterocycles. The zero-order chi connectivity index (χ0) is 36.3. The van der Waals surface area contributed by atoms with Crippen LogP contribution in [0, 0.1) is 17.8 Å². The molecule has 3 aliphatic rings. The number of aromatic nitrogens is 5. The summed E-state index contributed by atoms with van der Waals surface area (Å²) in [6.45, 7) is 0. The van der Waals surface area contributed by atoms with Crippen LogP contribution in [-0.4, -0.2) is 24.9 Å². The minimum Gasteiger partial charge on any atom is -0.228 e. The second-order valence-electron chi connectivity index (χ2n) is 14.9. The topological polar surface area (TPSA) is 64.5 Å². The molecule has 3 aliphatic carbocycles. The summed E-state index contributed by atoms with van der Waals surface area (Å²) in [5, 5.41) is 0. The maximum atomic E-state index is 5.05. The van der Waals surface area contributed by atoms with E-state index in [0.717, 1.165) is 73.6 Å². The van der Waals surface area contributed by atoms with Gasteiger partial charge in [0, 0.05) is 33.4 Å². The van der Waals surface area contributed by atoms with Gasteiger partial charge in [-0.15, -0.1) is 0 Å². The maximum Gasteiger partial charge on any atom is 0.164 e. The van der Waals surface area contributed by atoms with Gasteiger partial charge in [-0.1, -0.05) is 169 Å². The van der Waals surface area contributed by atoms with Crippen LogP contribution in [0.25, 0.3) is 79.2 Å². The number of hydrogen-bond donors (Lipinski definition) is 0. The van der Waals surface area contributed by atoms with Crippen LogP contribution in [0.3, 0.4) is 0 Å². The first kappa shape index (κ1) is 31.7. The standard InChI is InChI=1S/C50H35N5/c1-4-11-32(12-5-1)43-30-44(52-47(51-43)34-13-6-2-7-14-34)39-18-10-17-38(27-39)31-19-23-36(24-20-31)49-53-48(35-15-8-3-9-16-35)54-50(55-49)37-25-21-33(22-26-37)45-41-28-40-29-42(45)46(40)41/h1-28,30,41-42,45-46H,29H2. The number of rotatable bonds is 8. The number of hydrogen-bond acceptors (Lipinski definition) is 5. The monoisotopic (exact) mass is 705 g/mol. The van der Waals surface area contributed by atoms with E-state index in [1.54, 1.807) is 5.57 Å². The Hall–Kier alpha value is -6.85. The molecule has 2 fully saturated rings. The highest BCUT2D eigenvalue weighted by Crippen LogP contribution is 2.72. The van der Waals surface area contributed by atoms with Crippen molar-refractivity contribution in [3.05, 3.63) is 187 Å². The molecule has 4 atom stereocenters. The largest absolute Gasteiger partial charge is 0.228 e. The zero-order valence-corrected chi connectivity index (χ0v) is 30.0. The third kappa shape index (κ3) is 5.59. The molecule has 4 unspecified atom stereocenters. The summed E-state index contributed by atoms with van der Waals surface area (Å²) in [5.74, 6) is 5.87. The molecule has 2 saturated carbocycles. The molecule has 11 rings (SSSR count). The molecule has 2 aromatic heterocycles. The van der Waals surface area contributed by atoms with Gasteiger partial charge < -0.3 is 0 Å². The van der Waals surface area contributed by atoms with Crippen LogP contribution in [0.2, 0.25) is 0 Å². The van der Waals surface area contributed by atoms with Crippen LogP contribution in [0.4, 0.5) is 0 Å². The van der Waals surface area contributed by atoms with Crippen molar-refractivity contribution < 1.29 is 0 Å². The lowest BCUT2D eigenvalue weighted by Crippen LogP contribution is -2.58. The smallest absolute Gasteiger partial charge is 0.164 e. The molecule has 0 amide bonds. The van der Waals surface area contributed by atoms with E-state index in [2.05, 4.69) is 121 Å². The third-order valence-corrected chi connectivity index (χ3v) is 11.7. The Bertz CT molecular complexity index is 2670. The van der Waals surface area contributed by atoms with Crippen molar-refractivity contribution in [1.29, 1.82) is 0 Å². The lowest BCUT2D eigenvalue weighted by Gasteiger charge is -2.67. The lowest BCUT2D eigenvalue weighted by atomic mass is 9.37. The molecule has 260 valence electrons. The van der Waals surface area contributed by atoms with Crippen LogP contribution < -0.4 is 0 Å². The van der Waals surface area contributed by atoms with Crippen LogP contribution in [0.5, 0.6) is 0 Å². The Morgan fingerprint density at radius 2 is 0.800 bits per heavy atom. The fraction of sp³-hybridized carbons (Fsp3) is 0.100. The van der Waals surface area contributed by atoms with Gasteiger partial charge in [-0.2, -0.15) is 0 Å². The highest BCUT2D eigenvalue weighted by molar-refractivity contribution is 5.77. The predicted octanol–water partition coefficient (Wildman–Crippen LogP) is 11.6. The van der Waals surface area contributed by atoms with E-state index in [0.29, 0.717) is 29.2 Å². The number of nitrogens with zero attached hydrogens (tertiary/aromatic N) is 5. The summed E-state index contributed by atoms with van der Waals surface area (Å²) in [5.41, 5.74) is 13.1. The van der Waals surface area contributed by atoms with Gasteiger partial charge >= 0.3 is 0 Å². The minimum atomic E-state index is 0.652. The molecule has 6 aromatic carbocycles. The molecule has 5 nitrogen and oxygen atoms in total. The second kappa shape index (κ2) is 12.9. The molecule has 0 bridgehead atoms. The Morgan fingerprint density at radius 1 is 0.345 bits per heavy atom. The fourth-order valence-corrected chi connectivity index (χ4v) is 8.82. The van der Waals surface area contributed by atoms with Gasteiger partial charge in [0.15, 0.2) is 23.3 Å².